The lowest BCUT2D eigenvalue weighted by molar-refractivity contribution is -0.115. The molecule has 8 heteroatoms. The Kier molecular flexibility index (Phi) is 6.10. The second kappa shape index (κ2) is 7.88. The van der Waals surface area contributed by atoms with Crippen LogP contribution in [0, 0.1) is 11.2 Å². The number of pyridine rings is 1. The first-order valence-electron chi connectivity index (χ1n) is 5.57. The standard InChI is InChI=1S/C11H15FN6O/c12-8-2-1-4-16-9(8)6-17-11(19)10(14)18-7-15-5-3-13/h1-2,4,7H,3,5-6,13H2,(H,17,19)(H2,14,15,18). The number of hydrogen-bond acceptors (Lipinski definition) is 4. The summed E-state index contributed by atoms with van der Waals surface area (Å²) in [4.78, 5) is 18.8. The fraction of sp³-hybridized carbons (Fsp3) is 0.273. The molecule has 1 amide bonds. The normalized spacial score (nSPS) is 10.4. The van der Waals surface area contributed by atoms with Crippen LogP contribution in [-0.4, -0.2) is 36.2 Å². The van der Waals surface area contributed by atoms with Crippen molar-refractivity contribution in [1.82, 2.24) is 15.6 Å². The Morgan fingerprint density at radius 2 is 2.42 bits per heavy atom. The predicted molar refractivity (Wildman–Crippen MR) is 69.3 cm³/mol. The number of amides is 1. The van der Waals surface area contributed by atoms with Crippen molar-refractivity contribution in [2.24, 2.45) is 10.7 Å². The molecule has 1 heterocycles. The fourth-order valence-electron chi connectivity index (χ4n) is 1.11. The maximum atomic E-state index is 13.2. The molecule has 0 aromatic carbocycles. The maximum Gasteiger partial charge on any atom is 0.288 e. The van der Waals surface area contributed by atoms with Gasteiger partial charge in [-0.05, 0) is 12.1 Å². The molecule has 1 aromatic rings. The number of carbonyl (C=O) groups excluding carboxylic acids is 1. The zero-order valence-corrected chi connectivity index (χ0v) is 10.2. The van der Waals surface area contributed by atoms with Crippen LogP contribution in [-0.2, 0) is 11.3 Å². The number of halogens is 1. The molecule has 0 radical (unpaired) electrons. The van der Waals surface area contributed by atoms with Gasteiger partial charge in [-0.3, -0.25) is 15.2 Å². The van der Waals surface area contributed by atoms with Crippen molar-refractivity contribution < 1.29 is 9.18 Å². The van der Waals surface area contributed by atoms with E-state index < -0.39 is 17.6 Å². The molecule has 0 bridgehead atoms. The van der Waals surface area contributed by atoms with Gasteiger partial charge < -0.3 is 16.4 Å². The average Bonchev–Trinajstić information content (AvgIpc) is 2.42. The van der Waals surface area contributed by atoms with Gasteiger partial charge in [-0.25, -0.2) is 9.38 Å². The molecule has 0 aliphatic heterocycles. The van der Waals surface area contributed by atoms with Crippen molar-refractivity contribution in [2.45, 2.75) is 6.54 Å². The summed E-state index contributed by atoms with van der Waals surface area (Å²) in [6.07, 6.45) is 2.64. The average molecular weight is 266 g/mol. The second-order valence-electron chi connectivity index (χ2n) is 3.46. The summed E-state index contributed by atoms with van der Waals surface area (Å²) in [6.45, 7) is 0.821. The summed E-state index contributed by atoms with van der Waals surface area (Å²) in [6, 6.07) is 2.70. The minimum absolute atomic E-state index is 0.0976. The second-order valence-corrected chi connectivity index (χ2v) is 3.46. The van der Waals surface area contributed by atoms with Gasteiger partial charge in [-0.2, -0.15) is 0 Å². The van der Waals surface area contributed by atoms with E-state index in [1.54, 1.807) is 0 Å². The molecule has 19 heavy (non-hydrogen) atoms. The lowest BCUT2D eigenvalue weighted by Crippen LogP contribution is -2.30. The number of aromatic nitrogens is 1. The Bertz CT molecular complexity index is 476. The molecule has 0 spiro atoms. The lowest BCUT2D eigenvalue weighted by atomic mass is 10.3. The van der Waals surface area contributed by atoms with Gasteiger partial charge in [0.1, 0.15) is 5.82 Å². The highest BCUT2D eigenvalue weighted by Crippen LogP contribution is 2.01. The summed E-state index contributed by atoms with van der Waals surface area (Å²) in [5.74, 6) is -1.71. The van der Waals surface area contributed by atoms with Crippen LogP contribution in [0.25, 0.3) is 0 Å². The molecular formula is C11H15FN6O. The summed E-state index contributed by atoms with van der Waals surface area (Å²) in [5.41, 5.74) is 5.34. The number of nitrogens with one attached hydrogen (secondary N) is 3. The van der Waals surface area contributed by atoms with E-state index in [1.165, 1.54) is 24.7 Å². The van der Waals surface area contributed by atoms with Crippen LogP contribution >= 0.6 is 0 Å². The van der Waals surface area contributed by atoms with Crippen molar-refractivity contribution >= 4 is 18.1 Å². The van der Waals surface area contributed by atoms with E-state index in [4.69, 9.17) is 11.1 Å². The van der Waals surface area contributed by atoms with Crippen LogP contribution in [0.1, 0.15) is 5.69 Å². The third kappa shape index (κ3) is 5.21. The molecule has 0 aliphatic carbocycles. The van der Waals surface area contributed by atoms with Crippen molar-refractivity contribution in [3.63, 3.8) is 0 Å². The predicted octanol–water partition coefficient (Wildman–Crippen LogP) is -0.609. The van der Waals surface area contributed by atoms with E-state index in [9.17, 15) is 9.18 Å². The molecule has 7 nitrogen and oxygen atoms in total. The minimum Gasteiger partial charge on any atom is -0.375 e. The van der Waals surface area contributed by atoms with E-state index in [2.05, 4.69) is 20.6 Å². The lowest BCUT2D eigenvalue weighted by Gasteiger charge is -2.04. The van der Waals surface area contributed by atoms with Crippen LogP contribution in [0.2, 0.25) is 0 Å². The highest BCUT2D eigenvalue weighted by atomic mass is 19.1. The van der Waals surface area contributed by atoms with Crippen LogP contribution in [0.5, 0.6) is 0 Å². The maximum absolute atomic E-state index is 13.2. The van der Waals surface area contributed by atoms with Gasteiger partial charge in [0.15, 0.2) is 0 Å². The van der Waals surface area contributed by atoms with Crippen molar-refractivity contribution in [1.29, 1.82) is 5.41 Å². The Hall–Kier alpha value is -2.35. The van der Waals surface area contributed by atoms with Gasteiger partial charge in [-0.15, -0.1) is 0 Å². The number of hydrogen-bond donors (Lipinski definition) is 4. The number of aliphatic imine (C=N–C) groups is 1. The monoisotopic (exact) mass is 266 g/mol. The highest BCUT2D eigenvalue weighted by molar-refractivity contribution is 6.37. The topological polar surface area (TPSA) is 116 Å². The number of nitrogens with two attached hydrogens (primary N) is 1. The van der Waals surface area contributed by atoms with Crippen molar-refractivity contribution in [2.75, 3.05) is 13.1 Å². The van der Waals surface area contributed by atoms with E-state index in [0.29, 0.717) is 13.1 Å². The van der Waals surface area contributed by atoms with Gasteiger partial charge in [0.2, 0.25) is 5.84 Å². The molecule has 0 unspecified atom stereocenters. The highest BCUT2D eigenvalue weighted by Gasteiger charge is 2.09. The van der Waals surface area contributed by atoms with Crippen molar-refractivity contribution in [3.05, 3.63) is 29.8 Å². The Labute approximate surface area is 109 Å². The molecule has 0 aliphatic rings. The van der Waals surface area contributed by atoms with Gasteiger partial charge in [0, 0.05) is 19.3 Å². The summed E-state index contributed by atoms with van der Waals surface area (Å²) < 4.78 is 13.2. The third-order valence-electron chi connectivity index (χ3n) is 2.04. The summed E-state index contributed by atoms with van der Waals surface area (Å²) in [5, 5.41) is 12.4. The summed E-state index contributed by atoms with van der Waals surface area (Å²) >= 11 is 0. The Morgan fingerprint density at radius 1 is 1.63 bits per heavy atom. The van der Waals surface area contributed by atoms with E-state index in [1.807, 2.05) is 0 Å². The first-order valence-corrected chi connectivity index (χ1v) is 5.57. The first-order chi connectivity index (χ1) is 9.15. The number of carbonyl (C=O) groups is 1. The Balaban J connectivity index is 2.41. The molecular weight excluding hydrogens is 251 g/mol. The first kappa shape index (κ1) is 14.7. The quantitative estimate of drug-likeness (QED) is 0.323. The van der Waals surface area contributed by atoms with Gasteiger partial charge >= 0.3 is 0 Å². The van der Waals surface area contributed by atoms with E-state index in [0.717, 1.165) is 0 Å². The molecule has 102 valence electrons. The molecule has 5 N–H and O–H groups in total. The van der Waals surface area contributed by atoms with E-state index >= 15 is 0 Å². The summed E-state index contributed by atoms with van der Waals surface area (Å²) in [7, 11) is 0. The third-order valence-corrected chi connectivity index (χ3v) is 2.04. The molecule has 1 rings (SSSR count). The molecule has 0 saturated carbocycles. The van der Waals surface area contributed by atoms with Gasteiger partial charge in [0.05, 0.1) is 18.6 Å². The molecule has 0 fully saturated rings. The van der Waals surface area contributed by atoms with E-state index in [-0.39, 0.29) is 12.2 Å². The van der Waals surface area contributed by atoms with Crippen LogP contribution in [0.15, 0.2) is 23.3 Å². The zero-order chi connectivity index (χ0) is 14.1. The number of rotatable bonds is 5. The molecule has 0 atom stereocenters. The molecule has 0 saturated heterocycles. The number of nitrogens with zero attached hydrogens (tertiary/aromatic N) is 2. The SMILES string of the molecule is N=C(/N=C\NCCN)C(=O)NCc1ncccc1F. The largest absolute Gasteiger partial charge is 0.375 e. The fourth-order valence-corrected chi connectivity index (χ4v) is 1.11. The number of amidine groups is 1. The molecule has 1 aromatic heterocycles. The van der Waals surface area contributed by atoms with Gasteiger partial charge in [-0.1, -0.05) is 0 Å². The zero-order valence-electron chi connectivity index (χ0n) is 10.2. The Morgan fingerprint density at radius 3 is 3.11 bits per heavy atom. The van der Waals surface area contributed by atoms with Crippen LogP contribution in [0.3, 0.4) is 0 Å². The van der Waals surface area contributed by atoms with Crippen LogP contribution in [0.4, 0.5) is 4.39 Å². The van der Waals surface area contributed by atoms with Gasteiger partial charge in [0.25, 0.3) is 5.91 Å². The van der Waals surface area contributed by atoms with Crippen LogP contribution < -0.4 is 16.4 Å². The smallest absolute Gasteiger partial charge is 0.288 e. The minimum atomic E-state index is -0.712. The van der Waals surface area contributed by atoms with Crippen molar-refractivity contribution in [3.8, 4) is 0 Å².